The molecule has 1 N–H and O–H groups in total. The normalized spacial score (nSPS) is 10.2. The van der Waals surface area contributed by atoms with Crippen molar-refractivity contribution in [1.29, 1.82) is 0 Å². The Morgan fingerprint density at radius 2 is 1.90 bits per heavy atom. The fourth-order valence-corrected chi connectivity index (χ4v) is 2.38. The summed E-state index contributed by atoms with van der Waals surface area (Å²) in [5.74, 6) is 1.56. The summed E-state index contributed by atoms with van der Waals surface area (Å²) < 4.78 is 11.5. The number of benzene rings is 2. The zero-order chi connectivity index (χ0) is 14.5. The molecule has 3 nitrogen and oxygen atoms in total. The maximum atomic E-state index is 5.99. The highest BCUT2D eigenvalue weighted by Crippen LogP contribution is 2.29. The summed E-state index contributed by atoms with van der Waals surface area (Å²) in [6.45, 7) is 0.631. The molecule has 0 bridgehead atoms. The van der Waals surface area contributed by atoms with E-state index in [9.17, 15) is 0 Å². The Kier molecular flexibility index (Phi) is 5.15. The van der Waals surface area contributed by atoms with Crippen LogP contribution in [0.15, 0.2) is 40.9 Å². The van der Waals surface area contributed by atoms with Gasteiger partial charge in [0.1, 0.15) is 11.5 Å². The van der Waals surface area contributed by atoms with Crippen molar-refractivity contribution in [2.45, 2.75) is 6.54 Å². The number of anilines is 1. The van der Waals surface area contributed by atoms with Crippen LogP contribution in [0.1, 0.15) is 5.56 Å². The molecule has 2 aromatic rings. The van der Waals surface area contributed by atoms with Crippen LogP contribution in [0, 0.1) is 0 Å². The third-order valence-corrected chi connectivity index (χ3v) is 3.82. The van der Waals surface area contributed by atoms with E-state index in [4.69, 9.17) is 21.1 Å². The van der Waals surface area contributed by atoms with E-state index in [1.807, 2.05) is 36.4 Å². The molecule has 0 radical (unpaired) electrons. The Morgan fingerprint density at radius 1 is 1.10 bits per heavy atom. The average molecular weight is 357 g/mol. The molecule has 0 spiro atoms. The predicted molar refractivity (Wildman–Crippen MR) is 86.0 cm³/mol. The lowest BCUT2D eigenvalue weighted by atomic mass is 10.2. The van der Waals surface area contributed by atoms with E-state index >= 15 is 0 Å². The van der Waals surface area contributed by atoms with Gasteiger partial charge in [-0.15, -0.1) is 0 Å². The van der Waals surface area contributed by atoms with E-state index in [1.54, 1.807) is 14.2 Å². The van der Waals surface area contributed by atoms with Crippen molar-refractivity contribution in [1.82, 2.24) is 0 Å². The van der Waals surface area contributed by atoms with E-state index in [0.717, 1.165) is 27.2 Å². The quantitative estimate of drug-likeness (QED) is 0.840. The first kappa shape index (κ1) is 15.0. The van der Waals surface area contributed by atoms with E-state index in [1.165, 1.54) is 0 Å². The molecular weight excluding hydrogens is 342 g/mol. The molecule has 0 aliphatic rings. The lowest BCUT2D eigenvalue weighted by Crippen LogP contribution is -2.02. The zero-order valence-electron chi connectivity index (χ0n) is 11.2. The standard InChI is InChI=1S/C15H15BrClNO2/c1-19-12-5-3-10(15(8-12)20-2)9-18-14-7-11(17)4-6-13(14)16/h3-8,18H,9H2,1-2H3. The molecule has 0 heterocycles. The van der Waals surface area contributed by atoms with Crippen LogP contribution < -0.4 is 14.8 Å². The van der Waals surface area contributed by atoms with Crippen molar-refractivity contribution < 1.29 is 9.47 Å². The average Bonchev–Trinajstić information content (AvgIpc) is 2.48. The molecule has 0 amide bonds. The first-order valence-electron chi connectivity index (χ1n) is 6.04. The van der Waals surface area contributed by atoms with Gasteiger partial charge >= 0.3 is 0 Å². The van der Waals surface area contributed by atoms with Crippen molar-refractivity contribution in [3.05, 3.63) is 51.5 Å². The molecular formula is C15H15BrClNO2. The molecule has 5 heteroatoms. The van der Waals surface area contributed by atoms with E-state index in [-0.39, 0.29) is 0 Å². The van der Waals surface area contributed by atoms with Gasteiger partial charge in [0.05, 0.1) is 19.9 Å². The molecule has 0 saturated heterocycles. The van der Waals surface area contributed by atoms with Crippen molar-refractivity contribution in [2.75, 3.05) is 19.5 Å². The SMILES string of the molecule is COc1ccc(CNc2cc(Cl)ccc2Br)c(OC)c1. The number of methoxy groups -OCH3 is 2. The zero-order valence-corrected chi connectivity index (χ0v) is 13.6. The van der Waals surface area contributed by atoms with Crippen LogP contribution in [0.4, 0.5) is 5.69 Å². The third-order valence-electron chi connectivity index (χ3n) is 2.89. The number of nitrogens with one attached hydrogen (secondary N) is 1. The summed E-state index contributed by atoms with van der Waals surface area (Å²) in [5, 5.41) is 4.02. The summed E-state index contributed by atoms with van der Waals surface area (Å²) in [5.41, 5.74) is 1.98. The van der Waals surface area contributed by atoms with Crippen molar-refractivity contribution in [2.24, 2.45) is 0 Å². The minimum atomic E-state index is 0.631. The number of ether oxygens (including phenoxy) is 2. The maximum absolute atomic E-state index is 5.99. The highest BCUT2D eigenvalue weighted by molar-refractivity contribution is 9.10. The van der Waals surface area contributed by atoms with Crippen molar-refractivity contribution in [3.63, 3.8) is 0 Å². The number of hydrogen-bond acceptors (Lipinski definition) is 3. The lowest BCUT2D eigenvalue weighted by molar-refractivity contribution is 0.391. The number of hydrogen-bond donors (Lipinski definition) is 1. The Bertz CT molecular complexity index is 604. The van der Waals surface area contributed by atoms with Crippen LogP contribution >= 0.6 is 27.5 Å². The molecule has 20 heavy (non-hydrogen) atoms. The molecule has 0 aromatic heterocycles. The molecule has 0 aliphatic heterocycles. The Hall–Kier alpha value is -1.39. The Balaban J connectivity index is 2.16. The van der Waals surface area contributed by atoms with E-state index < -0.39 is 0 Å². The lowest BCUT2D eigenvalue weighted by Gasteiger charge is -2.13. The molecule has 0 aliphatic carbocycles. The second-order valence-electron chi connectivity index (χ2n) is 4.16. The topological polar surface area (TPSA) is 30.5 Å². The highest BCUT2D eigenvalue weighted by atomic mass is 79.9. The van der Waals surface area contributed by atoms with Crippen LogP contribution in [-0.2, 0) is 6.54 Å². The predicted octanol–water partition coefficient (Wildman–Crippen LogP) is 4.73. The van der Waals surface area contributed by atoms with Gasteiger partial charge in [-0.3, -0.25) is 0 Å². The van der Waals surface area contributed by atoms with Gasteiger partial charge in [0.15, 0.2) is 0 Å². The second kappa shape index (κ2) is 6.86. The van der Waals surface area contributed by atoms with Crippen LogP contribution in [0.2, 0.25) is 5.02 Å². The minimum absolute atomic E-state index is 0.631. The van der Waals surface area contributed by atoms with Crippen molar-refractivity contribution >= 4 is 33.2 Å². The van der Waals surface area contributed by atoms with Gasteiger partial charge in [-0.25, -0.2) is 0 Å². The van der Waals surface area contributed by atoms with Gasteiger partial charge in [-0.05, 0) is 46.3 Å². The molecule has 0 saturated carbocycles. The number of rotatable bonds is 5. The summed E-state index contributed by atoms with van der Waals surface area (Å²) in [4.78, 5) is 0. The van der Waals surface area contributed by atoms with Gasteiger partial charge in [0.25, 0.3) is 0 Å². The maximum Gasteiger partial charge on any atom is 0.127 e. The first-order valence-corrected chi connectivity index (χ1v) is 7.21. The molecule has 2 rings (SSSR count). The van der Waals surface area contributed by atoms with Gasteiger partial charge in [0, 0.05) is 27.7 Å². The van der Waals surface area contributed by atoms with Crippen LogP contribution in [0.5, 0.6) is 11.5 Å². The van der Waals surface area contributed by atoms with E-state index in [2.05, 4.69) is 21.2 Å². The first-order chi connectivity index (χ1) is 9.63. The van der Waals surface area contributed by atoms with Gasteiger partial charge < -0.3 is 14.8 Å². The summed E-state index contributed by atoms with van der Waals surface area (Å²) in [7, 11) is 3.28. The van der Waals surface area contributed by atoms with Gasteiger partial charge in [0.2, 0.25) is 0 Å². The smallest absolute Gasteiger partial charge is 0.127 e. The van der Waals surface area contributed by atoms with E-state index in [0.29, 0.717) is 11.6 Å². The molecule has 0 unspecified atom stereocenters. The molecule has 0 atom stereocenters. The summed E-state index contributed by atoms with van der Waals surface area (Å²) in [6.07, 6.45) is 0. The molecule has 2 aromatic carbocycles. The fourth-order valence-electron chi connectivity index (χ4n) is 1.82. The Labute approximate surface area is 132 Å². The van der Waals surface area contributed by atoms with Gasteiger partial charge in [-0.1, -0.05) is 11.6 Å². The van der Waals surface area contributed by atoms with Crippen LogP contribution in [0.25, 0.3) is 0 Å². The van der Waals surface area contributed by atoms with Crippen LogP contribution in [-0.4, -0.2) is 14.2 Å². The Morgan fingerprint density at radius 3 is 2.60 bits per heavy atom. The highest BCUT2D eigenvalue weighted by Gasteiger charge is 2.06. The second-order valence-corrected chi connectivity index (χ2v) is 5.45. The van der Waals surface area contributed by atoms with Crippen molar-refractivity contribution in [3.8, 4) is 11.5 Å². The largest absolute Gasteiger partial charge is 0.497 e. The minimum Gasteiger partial charge on any atom is -0.497 e. The third kappa shape index (κ3) is 3.58. The van der Waals surface area contributed by atoms with Gasteiger partial charge in [-0.2, -0.15) is 0 Å². The summed E-state index contributed by atoms with van der Waals surface area (Å²) >= 11 is 9.48. The van der Waals surface area contributed by atoms with Crippen LogP contribution in [0.3, 0.4) is 0 Å². The summed E-state index contributed by atoms with van der Waals surface area (Å²) in [6, 6.07) is 11.4. The molecule has 106 valence electrons. The number of halogens is 2. The molecule has 0 fully saturated rings. The monoisotopic (exact) mass is 355 g/mol. The fraction of sp³-hybridized carbons (Fsp3) is 0.200.